The summed E-state index contributed by atoms with van der Waals surface area (Å²) in [5.41, 5.74) is 0.261. The Balaban J connectivity index is 3.20. The summed E-state index contributed by atoms with van der Waals surface area (Å²) in [6.45, 7) is 9.93. The van der Waals surface area contributed by atoms with E-state index in [9.17, 15) is 0 Å². The van der Waals surface area contributed by atoms with Crippen molar-refractivity contribution in [2.24, 2.45) is 0 Å². The van der Waals surface area contributed by atoms with E-state index in [2.05, 4.69) is 45.2 Å². The van der Waals surface area contributed by atoms with Gasteiger partial charge in [0.1, 0.15) is 0 Å². The molecule has 1 heteroatoms. The smallest absolute Gasteiger partial charge is 0.00966 e. The molecule has 0 spiro atoms. The van der Waals surface area contributed by atoms with Crippen molar-refractivity contribution in [3.8, 4) is 0 Å². The second-order valence-electron chi connectivity index (χ2n) is 4.58. The summed E-state index contributed by atoms with van der Waals surface area (Å²) in [5, 5.41) is 3.46. The SMILES string of the molecule is CCCCC=CCCNC(C)(C)C. The van der Waals surface area contributed by atoms with Crippen molar-refractivity contribution in [2.45, 2.75) is 58.9 Å². The van der Waals surface area contributed by atoms with Gasteiger partial charge in [0, 0.05) is 5.54 Å². The Labute approximate surface area is 83.6 Å². The van der Waals surface area contributed by atoms with E-state index < -0.39 is 0 Å². The monoisotopic (exact) mass is 183 g/mol. The van der Waals surface area contributed by atoms with Crippen molar-refractivity contribution in [3.05, 3.63) is 12.2 Å². The number of hydrogen-bond acceptors (Lipinski definition) is 1. The molecule has 0 aromatic rings. The highest BCUT2D eigenvalue weighted by molar-refractivity contribution is 4.83. The summed E-state index contributed by atoms with van der Waals surface area (Å²) in [7, 11) is 0. The third-order valence-corrected chi connectivity index (χ3v) is 1.86. The normalized spacial score (nSPS) is 12.6. The van der Waals surface area contributed by atoms with Gasteiger partial charge in [0.25, 0.3) is 0 Å². The van der Waals surface area contributed by atoms with E-state index in [1.165, 1.54) is 19.3 Å². The van der Waals surface area contributed by atoms with Gasteiger partial charge in [0.05, 0.1) is 0 Å². The van der Waals surface area contributed by atoms with Gasteiger partial charge in [0.2, 0.25) is 0 Å². The Morgan fingerprint density at radius 2 is 1.69 bits per heavy atom. The minimum Gasteiger partial charge on any atom is -0.312 e. The van der Waals surface area contributed by atoms with Crippen molar-refractivity contribution in [3.63, 3.8) is 0 Å². The summed E-state index contributed by atoms with van der Waals surface area (Å²) < 4.78 is 0. The number of allylic oxidation sites excluding steroid dienone is 1. The molecule has 13 heavy (non-hydrogen) atoms. The van der Waals surface area contributed by atoms with E-state index in [4.69, 9.17) is 0 Å². The zero-order valence-corrected chi connectivity index (χ0v) is 9.69. The summed E-state index contributed by atoms with van der Waals surface area (Å²) in [5.74, 6) is 0. The maximum Gasteiger partial charge on any atom is 0.00966 e. The van der Waals surface area contributed by atoms with Gasteiger partial charge in [-0.1, -0.05) is 31.9 Å². The molecule has 0 unspecified atom stereocenters. The molecule has 0 heterocycles. The van der Waals surface area contributed by atoms with Crippen LogP contribution in [0.25, 0.3) is 0 Å². The van der Waals surface area contributed by atoms with Gasteiger partial charge < -0.3 is 5.32 Å². The van der Waals surface area contributed by atoms with Crippen LogP contribution in [0.3, 0.4) is 0 Å². The van der Waals surface area contributed by atoms with Gasteiger partial charge >= 0.3 is 0 Å². The van der Waals surface area contributed by atoms with Crippen LogP contribution in [0.15, 0.2) is 12.2 Å². The minimum absolute atomic E-state index is 0.261. The molecule has 0 radical (unpaired) electrons. The summed E-state index contributed by atoms with van der Waals surface area (Å²) in [6.07, 6.45) is 9.60. The molecule has 0 aliphatic rings. The van der Waals surface area contributed by atoms with Crippen LogP contribution in [-0.2, 0) is 0 Å². The van der Waals surface area contributed by atoms with Crippen molar-refractivity contribution >= 4 is 0 Å². The summed E-state index contributed by atoms with van der Waals surface area (Å²) in [4.78, 5) is 0. The lowest BCUT2D eigenvalue weighted by atomic mass is 10.1. The third-order valence-electron chi connectivity index (χ3n) is 1.86. The average Bonchev–Trinajstić information content (AvgIpc) is 2.01. The van der Waals surface area contributed by atoms with E-state index >= 15 is 0 Å². The Kier molecular flexibility index (Phi) is 6.97. The van der Waals surface area contributed by atoms with Gasteiger partial charge in [0.15, 0.2) is 0 Å². The molecule has 0 aromatic heterocycles. The lowest BCUT2D eigenvalue weighted by Gasteiger charge is -2.19. The van der Waals surface area contributed by atoms with Crippen LogP contribution in [0.5, 0.6) is 0 Å². The Bertz CT molecular complexity index is 131. The Morgan fingerprint density at radius 1 is 1.08 bits per heavy atom. The molecule has 0 saturated carbocycles. The van der Waals surface area contributed by atoms with E-state index in [1.54, 1.807) is 0 Å². The van der Waals surface area contributed by atoms with Gasteiger partial charge in [-0.05, 0) is 40.2 Å². The zero-order chi connectivity index (χ0) is 10.2. The average molecular weight is 183 g/mol. The van der Waals surface area contributed by atoms with E-state index in [-0.39, 0.29) is 5.54 Å². The van der Waals surface area contributed by atoms with Crippen molar-refractivity contribution in [1.82, 2.24) is 5.32 Å². The molecular weight excluding hydrogens is 158 g/mol. The van der Waals surface area contributed by atoms with Crippen molar-refractivity contribution in [1.29, 1.82) is 0 Å². The standard InChI is InChI=1S/C12H25N/c1-5-6-7-8-9-10-11-13-12(2,3)4/h8-9,13H,5-7,10-11H2,1-4H3. The number of rotatable bonds is 6. The largest absolute Gasteiger partial charge is 0.312 e. The molecule has 0 saturated heterocycles. The quantitative estimate of drug-likeness (QED) is 0.491. The molecule has 0 aromatic carbocycles. The van der Waals surface area contributed by atoms with Gasteiger partial charge in [-0.15, -0.1) is 0 Å². The first kappa shape index (κ1) is 12.7. The van der Waals surface area contributed by atoms with E-state index in [0.717, 1.165) is 13.0 Å². The van der Waals surface area contributed by atoms with Gasteiger partial charge in [-0.2, -0.15) is 0 Å². The molecule has 0 atom stereocenters. The Hall–Kier alpha value is -0.300. The van der Waals surface area contributed by atoms with Crippen molar-refractivity contribution in [2.75, 3.05) is 6.54 Å². The fourth-order valence-electron chi connectivity index (χ4n) is 1.09. The lowest BCUT2D eigenvalue weighted by Crippen LogP contribution is -2.36. The van der Waals surface area contributed by atoms with Crippen LogP contribution in [-0.4, -0.2) is 12.1 Å². The van der Waals surface area contributed by atoms with Gasteiger partial charge in [-0.3, -0.25) is 0 Å². The van der Waals surface area contributed by atoms with Crippen LogP contribution in [0, 0.1) is 0 Å². The number of unbranched alkanes of at least 4 members (excludes halogenated alkanes) is 2. The predicted molar refractivity (Wildman–Crippen MR) is 61.0 cm³/mol. The van der Waals surface area contributed by atoms with E-state index in [0.29, 0.717) is 0 Å². The molecular formula is C12H25N. The highest BCUT2D eigenvalue weighted by Crippen LogP contribution is 1.99. The molecule has 1 N–H and O–H groups in total. The lowest BCUT2D eigenvalue weighted by molar-refractivity contribution is 0.431. The second-order valence-corrected chi connectivity index (χ2v) is 4.58. The zero-order valence-electron chi connectivity index (χ0n) is 9.69. The van der Waals surface area contributed by atoms with Crippen LogP contribution < -0.4 is 5.32 Å². The van der Waals surface area contributed by atoms with Crippen LogP contribution in [0.2, 0.25) is 0 Å². The molecule has 0 amide bonds. The molecule has 78 valence electrons. The molecule has 0 aliphatic carbocycles. The highest BCUT2D eigenvalue weighted by Gasteiger charge is 2.05. The second kappa shape index (κ2) is 7.14. The van der Waals surface area contributed by atoms with E-state index in [1.807, 2.05) is 0 Å². The molecule has 0 fully saturated rings. The predicted octanol–water partition coefficient (Wildman–Crippen LogP) is 3.51. The minimum atomic E-state index is 0.261. The molecule has 0 rings (SSSR count). The van der Waals surface area contributed by atoms with Crippen LogP contribution in [0.4, 0.5) is 0 Å². The van der Waals surface area contributed by atoms with Crippen LogP contribution in [0.1, 0.15) is 53.4 Å². The van der Waals surface area contributed by atoms with Crippen molar-refractivity contribution < 1.29 is 0 Å². The summed E-state index contributed by atoms with van der Waals surface area (Å²) >= 11 is 0. The number of nitrogens with one attached hydrogen (secondary N) is 1. The molecule has 1 nitrogen and oxygen atoms in total. The molecule has 0 aliphatic heterocycles. The fourth-order valence-corrected chi connectivity index (χ4v) is 1.09. The maximum absolute atomic E-state index is 3.46. The van der Waals surface area contributed by atoms with Crippen LogP contribution >= 0.6 is 0 Å². The highest BCUT2D eigenvalue weighted by atomic mass is 14.9. The molecule has 0 bridgehead atoms. The number of hydrogen-bond donors (Lipinski definition) is 1. The maximum atomic E-state index is 3.46. The summed E-state index contributed by atoms with van der Waals surface area (Å²) in [6, 6.07) is 0. The van der Waals surface area contributed by atoms with Gasteiger partial charge in [-0.25, -0.2) is 0 Å². The first-order valence-corrected chi connectivity index (χ1v) is 5.46. The first-order valence-electron chi connectivity index (χ1n) is 5.46. The fraction of sp³-hybridized carbons (Fsp3) is 0.833. The Morgan fingerprint density at radius 3 is 2.23 bits per heavy atom. The first-order chi connectivity index (χ1) is 6.06. The third kappa shape index (κ3) is 11.7. The topological polar surface area (TPSA) is 12.0 Å².